The third-order valence-electron chi connectivity index (χ3n) is 2.01. The standard InChI is InChI=1S/C10H13N3OS/c1-6-4-7(9(11)14)2-3-8(6)5-15-10(12)13/h2-4H,5H2,1H3,(H2,11,14)(H3,12,13). The van der Waals surface area contributed by atoms with Gasteiger partial charge >= 0.3 is 0 Å². The molecule has 0 saturated heterocycles. The summed E-state index contributed by atoms with van der Waals surface area (Å²) < 4.78 is 0. The minimum absolute atomic E-state index is 0.0911. The second kappa shape index (κ2) is 4.84. The van der Waals surface area contributed by atoms with Crippen molar-refractivity contribution in [2.45, 2.75) is 12.7 Å². The van der Waals surface area contributed by atoms with E-state index in [1.54, 1.807) is 12.1 Å². The third-order valence-corrected chi connectivity index (χ3v) is 2.78. The average molecular weight is 223 g/mol. The van der Waals surface area contributed by atoms with Crippen LogP contribution in [-0.2, 0) is 5.75 Å². The second-order valence-electron chi connectivity index (χ2n) is 3.16. The molecular formula is C10H13N3OS. The average Bonchev–Trinajstić information content (AvgIpc) is 2.15. The van der Waals surface area contributed by atoms with Crippen LogP contribution in [0.4, 0.5) is 0 Å². The van der Waals surface area contributed by atoms with Crippen molar-refractivity contribution in [2.24, 2.45) is 11.5 Å². The van der Waals surface area contributed by atoms with E-state index in [-0.39, 0.29) is 5.17 Å². The molecule has 4 nitrogen and oxygen atoms in total. The lowest BCUT2D eigenvalue weighted by Crippen LogP contribution is -2.11. The van der Waals surface area contributed by atoms with Gasteiger partial charge in [0.25, 0.3) is 0 Å². The number of amides is 1. The molecule has 1 amide bonds. The first-order valence-electron chi connectivity index (χ1n) is 4.37. The first-order chi connectivity index (χ1) is 7.00. The van der Waals surface area contributed by atoms with Crippen molar-refractivity contribution in [1.29, 1.82) is 5.41 Å². The van der Waals surface area contributed by atoms with Gasteiger partial charge in [0, 0.05) is 11.3 Å². The highest BCUT2D eigenvalue weighted by Gasteiger charge is 2.04. The highest BCUT2D eigenvalue weighted by Crippen LogP contribution is 2.17. The molecule has 0 spiro atoms. The molecule has 15 heavy (non-hydrogen) atoms. The van der Waals surface area contributed by atoms with E-state index in [9.17, 15) is 4.79 Å². The maximum atomic E-state index is 10.9. The van der Waals surface area contributed by atoms with Crippen molar-refractivity contribution in [2.75, 3.05) is 0 Å². The number of nitrogens with one attached hydrogen (secondary N) is 1. The number of hydrogen-bond donors (Lipinski definition) is 3. The van der Waals surface area contributed by atoms with Crippen molar-refractivity contribution >= 4 is 22.8 Å². The van der Waals surface area contributed by atoms with Crippen LogP contribution in [0.15, 0.2) is 18.2 Å². The summed E-state index contributed by atoms with van der Waals surface area (Å²) in [4.78, 5) is 10.9. The largest absolute Gasteiger partial charge is 0.379 e. The van der Waals surface area contributed by atoms with Gasteiger partial charge in [0.15, 0.2) is 5.17 Å². The van der Waals surface area contributed by atoms with Crippen molar-refractivity contribution in [3.63, 3.8) is 0 Å². The zero-order valence-corrected chi connectivity index (χ0v) is 9.23. The van der Waals surface area contributed by atoms with Gasteiger partial charge < -0.3 is 11.5 Å². The number of hydrogen-bond acceptors (Lipinski definition) is 3. The van der Waals surface area contributed by atoms with Crippen molar-refractivity contribution in [3.8, 4) is 0 Å². The van der Waals surface area contributed by atoms with Crippen LogP contribution in [0.1, 0.15) is 21.5 Å². The second-order valence-corrected chi connectivity index (χ2v) is 4.18. The Bertz CT molecular complexity index is 404. The Labute approximate surface area is 92.5 Å². The summed E-state index contributed by atoms with van der Waals surface area (Å²) >= 11 is 1.26. The smallest absolute Gasteiger partial charge is 0.248 e. The number of aryl methyl sites for hydroxylation is 1. The van der Waals surface area contributed by atoms with Gasteiger partial charge in [-0.25, -0.2) is 0 Å². The monoisotopic (exact) mass is 223 g/mol. The Kier molecular flexibility index (Phi) is 3.74. The fourth-order valence-electron chi connectivity index (χ4n) is 1.17. The van der Waals surface area contributed by atoms with E-state index in [1.165, 1.54) is 11.8 Å². The number of rotatable bonds is 3. The van der Waals surface area contributed by atoms with Crippen LogP contribution in [0.5, 0.6) is 0 Å². The summed E-state index contributed by atoms with van der Waals surface area (Å²) in [5.41, 5.74) is 12.9. The normalized spacial score (nSPS) is 9.93. The first-order valence-corrected chi connectivity index (χ1v) is 5.35. The van der Waals surface area contributed by atoms with Gasteiger partial charge in [0.05, 0.1) is 0 Å². The molecule has 80 valence electrons. The maximum absolute atomic E-state index is 10.9. The Morgan fingerprint density at radius 1 is 1.47 bits per heavy atom. The summed E-state index contributed by atoms with van der Waals surface area (Å²) in [5, 5.41) is 7.18. The van der Waals surface area contributed by atoms with E-state index in [2.05, 4.69) is 0 Å². The first kappa shape index (κ1) is 11.6. The maximum Gasteiger partial charge on any atom is 0.248 e. The minimum Gasteiger partial charge on any atom is -0.379 e. The molecule has 0 aliphatic carbocycles. The molecule has 0 fully saturated rings. The Morgan fingerprint density at radius 2 is 2.13 bits per heavy atom. The highest BCUT2D eigenvalue weighted by atomic mass is 32.2. The molecule has 0 unspecified atom stereocenters. The van der Waals surface area contributed by atoms with Gasteiger partial charge in [-0.15, -0.1) is 0 Å². The van der Waals surface area contributed by atoms with Crippen LogP contribution in [0.3, 0.4) is 0 Å². The molecule has 0 atom stereocenters. The minimum atomic E-state index is -0.427. The Balaban J connectivity index is 2.83. The van der Waals surface area contributed by atoms with Gasteiger partial charge in [0.1, 0.15) is 0 Å². The fourth-order valence-corrected chi connectivity index (χ4v) is 1.80. The molecule has 1 rings (SSSR count). The van der Waals surface area contributed by atoms with E-state index >= 15 is 0 Å². The number of thioether (sulfide) groups is 1. The van der Waals surface area contributed by atoms with Crippen molar-refractivity contribution in [1.82, 2.24) is 0 Å². The summed E-state index contributed by atoms with van der Waals surface area (Å²) in [7, 11) is 0. The molecule has 0 radical (unpaired) electrons. The highest BCUT2D eigenvalue weighted by molar-refractivity contribution is 8.13. The lowest BCUT2D eigenvalue weighted by Gasteiger charge is -2.06. The third kappa shape index (κ3) is 3.28. The van der Waals surface area contributed by atoms with Crippen LogP contribution in [0.2, 0.25) is 0 Å². The summed E-state index contributed by atoms with van der Waals surface area (Å²) in [6, 6.07) is 5.27. The number of nitrogens with two attached hydrogens (primary N) is 2. The number of benzene rings is 1. The molecule has 0 bridgehead atoms. The van der Waals surface area contributed by atoms with Gasteiger partial charge in [-0.05, 0) is 30.2 Å². The molecule has 0 aromatic heterocycles. The summed E-state index contributed by atoms with van der Waals surface area (Å²) in [6.45, 7) is 1.91. The predicted molar refractivity (Wildman–Crippen MR) is 62.9 cm³/mol. The van der Waals surface area contributed by atoms with Crippen molar-refractivity contribution < 1.29 is 4.79 Å². The fraction of sp³-hybridized carbons (Fsp3) is 0.200. The van der Waals surface area contributed by atoms with Crippen LogP contribution < -0.4 is 11.5 Å². The van der Waals surface area contributed by atoms with Crippen LogP contribution in [-0.4, -0.2) is 11.1 Å². The number of amidine groups is 1. The van der Waals surface area contributed by atoms with Gasteiger partial charge in [0.2, 0.25) is 5.91 Å². The SMILES string of the molecule is Cc1cc(C(N)=O)ccc1CSC(=N)N. The molecule has 0 aliphatic rings. The molecule has 1 aromatic carbocycles. The van der Waals surface area contributed by atoms with E-state index in [1.807, 2.05) is 13.0 Å². The zero-order chi connectivity index (χ0) is 11.4. The van der Waals surface area contributed by atoms with Crippen molar-refractivity contribution in [3.05, 3.63) is 34.9 Å². The zero-order valence-electron chi connectivity index (χ0n) is 8.41. The lowest BCUT2D eigenvalue weighted by molar-refractivity contribution is 0.1000. The molecule has 1 aromatic rings. The van der Waals surface area contributed by atoms with Crippen LogP contribution in [0, 0.1) is 12.3 Å². The number of carbonyl (C=O) groups is 1. The van der Waals surface area contributed by atoms with Gasteiger partial charge in [-0.2, -0.15) is 0 Å². The van der Waals surface area contributed by atoms with E-state index in [0.717, 1.165) is 11.1 Å². The molecule has 5 heteroatoms. The van der Waals surface area contributed by atoms with E-state index in [4.69, 9.17) is 16.9 Å². The Hall–Kier alpha value is -1.49. The van der Waals surface area contributed by atoms with Crippen LogP contribution in [0.25, 0.3) is 0 Å². The molecule has 0 saturated carbocycles. The van der Waals surface area contributed by atoms with Gasteiger partial charge in [-0.3, -0.25) is 10.2 Å². The topological polar surface area (TPSA) is 93.0 Å². The number of primary amides is 1. The Morgan fingerprint density at radius 3 is 2.60 bits per heavy atom. The quantitative estimate of drug-likeness (QED) is 0.531. The summed E-state index contributed by atoms with van der Waals surface area (Å²) in [6.07, 6.45) is 0. The van der Waals surface area contributed by atoms with E-state index in [0.29, 0.717) is 11.3 Å². The molecule has 5 N–H and O–H groups in total. The predicted octanol–water partition coefficient (Wildman–Crippen LogP) is 1.22. The van der Waals surface area contributed by atoms with E-state index < -0.39 is 5.91 Å². The molecular weight excluding hydrogens is 210 g/mol. The number of carbonyl (C=O) groups excluding carboxylic acids is 1. The molecule has 0 heterocycles. The van der Waals surface area contributed by atoms with Gasteiger partial charge in [-0.1, -0.05) is 17.8 Å². The molecule has 0 aliphatic heterocycles. The lowest BCUT2D eigenvalue weighted by atomic mass is 10.1. The summed E-state index contributed by atoms with van der Waals surface area (Å²) in [5.74, 6) is 0.212. The van der Waals surface area contributed by atoms with Crippen LogP contribution >= 0.6 is 11.8 Å².